The van der Waals surface area contributed by atoms with Crippen molar-refractivity contribution in [1.82, 2.24) is 5.32 Å². The molecule has 0 saturated carbocycles. The van der Waals surface area contributed by atoms with Crippen molar-refractivity contribution in [2.45, 2.75) is 13.0 Å². The van der Waals surface area contributed by atoms with Crippen molar-refractivity contribution < 1.29 is 32.7 Å². The highest BCUT2D eigenvalue weighted by Gasteiger charge is 2.22. The highest BCUT2D eigenvalue weighted by atomic mass is 19.3. The molecule has 0 atom stereocenters. The Labute approximate surface area is 183 Å². The molecule has 2 aromatic rings. The summed E-state index contributed by atoms with van der Waals surface area (Å²) in [5.41, 5.74) is 1.25. The van der Waals surface area contributed by atoms with Gasteiger partial charge in [-0.05, 0) is 30.2 Å². The van der Waals surface area contributed by atoms with Gasteiger partial charge in [0, 0.05) is 31.8 Å². The summed E-state index contributed by atoms with van der Waals surface area (Å²) in [6.07, 6.45) is 0.331. The van der Waals surface area contributed by atoms with E-state index in [2.05, 4.69) is 10.1 Å². The van der Waals surface area contributed by atoms with Crippen LogP contribution in [-0.2, 0) is 11.2 Å². The molecule has 9 nitrogen and oxygen atoms in total. The first-order valence-corrected chi connectivity index (χ1v) is 9.90. The third-order valence-electron chi connectivity index (χ3n) is 4.93. The van der Waals surface area contributed by atoms with Gasteiger partial charge < -0.3 is 24.4 Å². The largest absolute Gasteiger partial charge is 0.493 e. The third kappa shape index (κ3) is 5.82. The lowest BCUT2D eigenvalue weighted by molar-refractivity contribution is -0.384. The number of halogens is 2. The number of anilines is 1. The standard InChI is InChI=1S/C21H23F2N3O6/c1-30-18-5-2-14(12-19(18)32-21(22)23)6-7-24-20(27)16-13-15(26(28)29)3-4-17(16)25-8-10-31-11-9-25/h2-5,12-13,21H,6-11H2,1H3,(H,24,27). The number of carbonyl (C=O) groups excluding carboxylic acids is 1. The lowest BCUT2D eigenvalue weighted by atomic mass is 10.1. The van der Waals surface area contributed by atoms with Crippen LogP contribution in [0.25, 0.3) is 0 Å². The van der Waals surface area contributed by atoms with Crippen LogP contribution in [-0.4, -0.2) is 57.4 Å². The Morgan fingerprint density at radius 2 is 1.97 bits per heavy atom. The summed E-state index contributed by atoms with van der Waals surface area (Å²) in [6.45, 7) is -0.679. The molecule has 1 amide bonds. The van der Waals surface area contributed by atoms with Crippen molar-refractivity contribution in [3.8, 4) is 11.5 Å². The number of ether oxygens (including phenoxy) is 3. The number of methoxy groups -OCH3 is 1. The van der Waals surface area contributed by atoms with Gasteiger partial charge in [-0.3, -0.25) is 14.9 Å². The van der Waals surface area contributed by atoms with Crippen molar-refractivity contribution >= 4 is 17.3 Å². The van der Waals surface area contributed by atoms with Gasteiger partial charge in [0.05, 0.1) is 36.5 Å². The van der Waals surface area contributed by atoms with E-state index in [4.69, 9.17) is 9.47 Å². The highest BCUT2D eigenvalue weighted by Crippen LogP contribution is 2.30. The summed E-state index contributed by atoms with van der Waals surface area (Å²) in [6, 6.07) is 8.78. The van der Waals surface area contributed by atoms with Crippen molar-refractivity contribution in [3.63, 3.8) is 0 Å². The summed E-state index contributed by atoms with van der Waals surface area (Å²) in [7, 11) is 1.35. The van der Waals surface area contributed by atoms with Gasteiger partial charge in [0.15, 0.2) is 11.5 Å². The average Bonchev–Trinajstić information content (AvgIpc) is 2.79. The van der Waals surface area contributed by atoms with Crippen molar-refractivity contribution in [2.24, 2.45) is 0 Å². The van der Waals surface area contributed by atoms with Gasteiger partial charge in [-0.15, -0.1) is 0 Å². The Balaban J connectivity index is 1.71. The molecule has 1 fully saturated rings. The van der Waals surface area contributed by atoms with E-state index >= 15 is 0 Å². The number of alkyl halides is 2. The summed E-state index contributed by atoms with van der Waals surface area (Å²) >= 11 is 0. The van der Waals surface area contributed by atoms with E-state index in [-0.39, 0.29) is 29.3 Å². The zero-order valence-electron chi connectivity index (χ0n) is 17.4. The molecular formula is C21H23F2N3O6. The summed E-state index contributed by atoms with van der Waals surface area (Å²) in [5.74, 6) is -0.391. The number of benzene rings is 2. The molecule has 1 saturated heterocycles. The first kappa shape index (κ1) is 23.2. The zero-order valence-corrected chi connectivity index (χ0v) is 17.4. The van der Waals surface area contributed by atoms with E-state index in [0.29, 0.717) is 44.0 Å². The quantitative estimate of drug-likeness (QED) is 0.462. The van der Waals surface area contributed by atoms with Gasteiger partial charge in [0.25, 0.3) is 11.6 Å². The molecule has 0 unspecified atom stereocenters. The van der Waals surface area contributed by atoms with Gasteiger partial charge in [-0.1, -0.05) is 6.07 Å². The van der Waals surface area contributed by atoms with Gasteiger partial charge in [-0.25, -0.2) is 0 Å². The predicted octanol–water partition coefficient (Wildman–Crippen LogP) is 3.01. The van der Waals surface area contributed by atoms with E-state index in [1.54, 1.807) is 12.1 Å². The molecule has 1 aliphatic rings. The third-order valence-corrected chi connectivity index (χ3v) is 4.93. The molecule has 11 heteroatoms. The molecule has 0 aromatic heterocycles. The van der Waals surface area contributed by atoms with E-state index < -0.39 is 17.4 Å². The predicted molar refractivity (Wildman–Crippen MR) is 112 cm³/mol. The maximum absolute atomic E-state index is 12.9. The van der Waals surface area contributed by atoms with Crippen LogP contribution in [0.4, 0.5) is 20.2 Å². The molecule has 2 aromatic carbocycles. The molecule has 1 aliphatic heterocycles. The first-order chi connectivity index (χ1) is 15.4. The Kier molecular flexibility index (Phi) is 7.77. The number of non-ortho nitro benzene ring substituents is 1. The second-order valence-electron chi connectivity index (χ2n) is 6.93. The molecule has 0 aliphatic carbocycles. The summed E-state index contributed by atoms with van der Waals surface area (Å²) in [4.78, 5) is 25.4. The smallest absolute Gasteiger partial charge is 0.387 e. The minimum absolute atomic E-state index is 0.0976. The Bertz CT molecular complexity index is 967. The van der Waals surface area contributed by atoms with Crippen LogP contribution in [0, 0.1) is 10.1 Å². The lowest BCUT2D eigenvalue weighted by Crippen LogP contribution is -2.38. The molecule has 0 bridgehead atoms. The number of amides is 1. The summed E-state index contributed by atoms with van der Waals surface area (Å²) in [5, 5.41) is 13.9. The molecule has 172 valence electrons. The number of hydrogen-bond acceptors (Lipinski definition) is 7. The number of nitrogens with one attached hydrogen (secondary N) is 1. The minimum Gasteiger partial charge on any atom is -0.493 e. The van der Waals surface area contributed by atoms with Crippen LogP contribution in [0.3, 0.4) is 0 Å². The maximum Gasteiger partial charge on any atom is 0.387 e. The number of carbonyl (C=O) groups is 1. The van der Waals surface area contributed by atoms with Gasteiger partial charge in [0.1, 0.15) is 0 Å². The Morgan fingerprint density at radius 1 is 1.22 bits per heavy atom. The monoisotopic (exact) mass is 451 g/mol. The molecule has 0 radical (unpaired) electrons. The fourth-order valence-electron chi connectivity index (χ4n) is 3.38. The fraction of sp³-hybridized carbons (Fsp3) is 0.381. The molecular weight excluding hydrogens is 428 g/mol. The maximum atomic E-state index is 12.9. The topological polar surface area (TPSA) is 103 Å². The van der Waals surface area contributed by atoms with Crippen LogP contribution in [0.5, 0.6) is 11.5 Å². The molecule has 3 rings (SSSR count). The first-order valence-electron chi connectivity index (χ1n) is 9.90. The highest BCUT2D eigenvalue weighted by molar-refractivity contribution is 6.00. The second kappa shape index (κ2) is 10.7. The van der Waals surface area contributed by atoms with Crippen LogP contribution in [0.2, 0.25) is 0 Å². The van der Waals surface area contributed by atoms with Crippen LogP contribution < -0.4 is 19.7 Å². The van der Waals surface area contributed by atoms with Gasteiger partial charge in [0.2, 0.25) is 0 Å². The normalized spacial score (nSPS) is 13.7. The van der Waals surface area contributed by atoms with Crippen molar-refractivity contribution in [1.29, 1.82) is 0 Å². The van der Waals surface area contributed by atoms with Crippen molar-refractivity contribution in [3.05, 3.63) is 57.6 Å². The average molecular weight is 451 g/mol. The van der Waals surface area contributed by atoms with E-state index in [9.17, 15) is 23.7 Å². The SMILES string of the molecule is COc1ccc(CCNC(=O)c2cc([N+](=O)[O-])ccc2N2CCOCC2)cc1OC(F)F. The minimum atomic E-state index is -2.99. The lowest BCUT2D eigenvalue weighted by Gasteiger charge is -2.30. The van der Waals surface area contributed by atoms with Crippen LogP contribution in [0.1, 0.15) is 15.9 Å². The summed E-state index contributed by atoms with van der Waals surface area (Å²) < 4.78 is 40.0. The number of nitro groups is 1. The molecule has 1 heterocycles. The number of nitrogens with zero attached hydrogens (tertiary/aromatic N) is 2. The van der Waals surface area contributed by atoms with Crippen molar-refractivity contribution in [2.75, 3.05) is 44.9 Å². The number of hydrogen-bond donors (Lipinski definition) is 1. The Morgan fingerprint density at radius 3 is 2.62 bits per heavy atom. The Hall–Kier alpha value is -3.47. The number of rotatable bonds is 9. The van der Waals surface area contributed by atoms with Crippen LogP contribution >= 0.6 is 0 Å². The van der Waals surface area contributed by atoms with E-state index in [1.165, 1.54) is 31.4 Å². The second-order valence-corrected chi connectivity index (χ2v) is 6.93. The van der Waals surface area contributed by atoms with E-state index in [1.807, 2.05) is 4.90 Å². The molecule has 0 spiro atoms. The zero-order chi connectivity index (χ0) is 23.1. The van der Waals surface area contributed by atoms with E-state index in [0.717, 1.165) is 0 Å². The number of nitro benzene ring substituents is 1. The van der Waals surface area contributed by atoms with Gasteiger partial charge >= 0.3 is 6.61 Å². The molecule has 1 N–H and O–H groups in total. The molecule has 32 heavy (non-hydrogen) atoms. The van der Waals surface area contributed by atoms with Gasteiger partial charge in [-0.2, -0.15) is 8.78 Å². The fourth-order valence-corrected chi connectivity index (χ4v) is 3.38. The number of morpholine rings is 1. The van der Waals surface area contributed by atoms with Crippen LogP contribution in [0.15, 0.2) is 36.4 Å².